The molecular weight excluding hydrogens is 388 g/mol. The number of rotatable bonds is 3. The summed E-state index contributed by atoms with van der Waals surface area (Å²) in [6.07, 6.45) is 2.00. The van der Waals surface area contributed by atoms with E-state index in [0.29, 0.717) is 6.79 Å². The molecule has 0 spiro atoms. The van der Waals surface area contributed by atoms with Crippen LogP contribution in [0, 0.1) is 0 Å². The standard InChI is InChI=1S/C25H24N4O2/c1-2-5-22-21(4-1)26-15-19-20(27-22)6-3-7-23(19)29-12-10-28(11-13-29)16-18-8-9-24-25(14-18)31-17-30-24/h1-9,14-15,27H,10-13,16-17H2. The molecule has 1 saturated heterocycles. The van der Waals surface area contributed by atoms with Crippen molar-refractivity contribution < 1.29 is 9.47 Å². The first-order chi connectivity index (χ1) is 15.3. The molecule has 3 aromatic rings. The molecule has 0 saturated carbocycles. The Bertz CT molecular complexity index is 1150. The van der Waals surface area contributed by atoms with E-state index in [0.717, 1.165) is 66.8 Å². The van der Waals surface area contributed by atoms with E-state index in [1.807, 2.05) is 30.5 Å². The summed E-state index contributed by atoms with van der Waals surface area (Å²) in [5.74, 6) is 1.70. The third kappa shape index (κ3) is 3.49. The van der Waals surface area contributed by atoms with Crippen LogP contribution in [0.25, 0.3) is 0 Å². The second kappa shape index (κ2) is 7.63. The monoisotopic (exact) mass is 412 g/mol. The van der Waals surface area contributed by atoms with Crippen molar-refractivity contribution in [3.63, 3.8) is 0 Å². The number of benzene rings is 3. The molecule has 3 aliphatic rings. The number of hydrogen-bond donors (Lipinski definition) is 1. The summed E-state index contributed by atoms with van der Waals surface area (Å²) < 4.78 is 10.9. The number of piperazine rings is 1. The fourth-order valence-corrected chi connectivity index (χ4v) is 4.49. The summed E-state index contributed by atoms with van der Waals surface area (Å²) in [6.45, 7) is 5.26. The third-order valence-corrected chi connectivity index (χ3v) is 6.15. The lowest BCUT2D eigenvalue weighted by atomic mass is 10.1. The van der Waals surface area contributed by atoms with Crippen LogP contribution in [0.4, 0.5) is 22.7 Å². The van der Waals surface area contributed by atoms with Crippen LogP contribution in [0.2, 0.25) is 0 Å². The van der Waals surface area contributed by atoms with Gasteiger partial charge in [0.15, 0.2) is 11.5 Å². The predicted octanol–water partition coefficient (Wildman–Crippen LogP) is 4.55. The molecule has 6 heteroatoms. The highest BCUT2D eigenvalue weighted by atomic mass is 16.7. The zero-order valence-electron chi connectivity index (χ0n) is 17.3. The second-order valence-electron chi connectivity index (χ2n) is 8.09. The molecule has 0 unspecified atom stereocenters. The molecule has 0 amide bonds. The Hall–Kier alpha value is -3.51. The topological polar surface area (TPSA) is 49.3 Å². The molecule has 6 nitrogen and oxygen atoms in total. The zero-order valence-corrected chi connectivity index (χ0v) is 17.3. The SMILES string of the molecule is C1=Nc2ccccc2Nc2cccc(N3CCN(Cc4ccc5c(c4)OCO5)CC3)c21. The van der Waals surface area contributed by atoms with E-state index in [-0.39, 0.29) is 0 Å². The number of anilines is 3. The molecule has 0 bridgehead atoms. The highest BCUT2D eigenvalue weighted by Crippen LogP contribution is 2.36. The molecule has 0 aliphatic carbocycles. The molecule has 3 aliphatic heterocycles. The van der Waals surface area contributed by atoms with Gasteiger partial charge < -0.3 is 19.7 Å². The van der Waals surface area contributed by atoms with E-state index >= 15 is 0 Å². The molecule has 6 rings (SSSR count). The van der Waals surface area contributed by atoms with Gasteiger partial charge in [-0.3, -0.25) is 9.89 Å². The maximum absolute atomic E-state index is 5.52. The Labute approximate surface area is 181 Å². The van der Waals surface area contributed by atoms with E-state index < -0.39 is 0 Å². The highest BCUT2D eigenvalue weighted by molar-refractivity contribution is 6.00. The number of fused-ring (bicyclic) bond motifs is 3. The van der Waals surface area contributed by atoms with Gasteiger partial charge in [-0.05, 0) is 42.0 Å². The van der Waals surface area contributed by atoms with Gasteiger partial charge in [0.25, 0.3) is 0 Å². The lowest BCUT2D eigenvalue weighted by molar-refractivity contribution is 0.174. The fraction of sp³-hybridized carbons (Fsp3) is 0.240. The van der Waals surface area contributed by atoms with Crippen molar-refractivity contribution in [3.05, 3.63) is 71.8 Å². The van der Waals surface area contributed by atoms with Gasteiger partial charge in [-0.2, -0.15) is 0 Å². The number of nitrogens with zero attached hydrogens (tertiary/aromatic N) is 3. The largest absolute Gasteiger partial charge is 0.454 e. The first-order valence-corrected chi connectivity index (χ1v) is 10.7. The van der Waals surface area contributed by atoms with Crippen molar-refractivity contribution in [2.24, 2.45) is 4.99 Å². The highest BCUT2D eigenvalue weighted by Gasteiger charge is 2.22. The summed E-state index contributed by atoms with van der Waals surface area (Å²) in [6, 6.07) is 20.9. The lowest BCUT2D eigenvalue weighted by Crippen LogP contribution is -2.46. The van der Waals surface area contributed by atoms with Gasteiger partial charge in [0.1, 0.15) is 0 Å². The van der Waals surface area contributed by atoms with Crippen LogP contribution < -0.4 is 19.7 Å². The van der Waals surface area contributed by atoms with Crippen LogP contribution >= 0.6 is 0 Å². The van der Waals surface area contributed by atoms with Crippen LogP contribution in [0.15, 0.2) is 65.7 Å². The van der Waals surface area contributed by atoms with E-state index in [9.17, 15) is 0 Å². The number of ether oxygens (including phenoxy) is 2. The summed E-state index contributed by atoms with van der Waals surface area (Å²) in [5, 5.41) is 3.56. The molecule has 1 N–H and O–H groups in total. The first-order valence-electron chi connectivity index (χ1n) is 10.7. The first kappa shape index (κ1) is 18.3. The van der Waals surface area contributed by atoms with Gasteiger partial charge in [0.05, 0.1) is 11.4 Å². The Morgan fingerprint density at radius 1 is 0.839 bits per heavy atom. The number of aliphatic imine (C=N–C) groups is 1. The smallest absolute Gasteiger partial charge is 0.231 e. The van der Waals surface area contributed by atoms with Crippen molar-refractivity contribution in [2.75, 3.05) is 43.2 Å². The second-order valence-corrected chi connectivity index (χ2v) is 8.09. The molecular formula is C25H24N4O2. The van der Waals surface area contributed by atoms with Crippen LogP contribution in [0.3, 0.4) is 0 Å². The third-order valence-electron chi connectivity index (χ3n) is 6.15. The van der Waals surface area contributed by atoms with Crippen molar-refractivity contribution >= 4 is 29.0 Å². The van der Waals surface area contributed by atoms with Gasteiger partial charge in [-0.25, -0.2) is 0 Å². The maximum atomic E-state index is 5.52. The Balaban J connectivity index is 1.17. The maximum Gasteiger partial charge on any atom is 0.231 e. The summed E-state index contributed by atoms with van der Waals surface area (Å²) in [7, 11) is 0. The van der Waals surface area contributed by atoms with Crippen LogP contribution in [0.5, 0.6) is 11.5 Å². The van der Waals surface area contributed by atoms with Gasteiger partial charge in [-0.1, -0.05) is 24.3 Å². The number of para-hydroxylation sites is 2. The fourth-order valence-electron chi connectivity index (χ4n) is 4.49. The lowest BCUT2D eigenvalue weighted by Gasteiger charge is -2.37. The molecule has 0 radical (unpaired) electrons. The van der Waals surface area contributed by atoms with E-state index in [4.69, 9.17) is 14.5 Å². The predicted molar refractivity (Wildman–Crippen MR) is 123 cm³/mol. The average Bonchev–Trinajstić information content (AvgIpc) is 3.18. The minimum atomic E-state index is 0.322. The molecule has 0 aromatic heterocycles. The molecule has 156 valence electrons. The molecule has 0 atom stereocenters. The minimum absolute atomic E-state index is 0.322. The Morgan fingerprint density at radius 2 is 1.68 bits per heavy atom. The van der Waals surface area contributed by atoms with Gasteiger partial charge >= 0.3 is 0 Å². The molecule has 3 heterocycles. The van der Waals surface area contributed by atoms with Crippen molar-refractivity contribution in [3.8, 4) is 11.5 Å². The van der Waals surface area contributed by atoms with Crippen molar-refractivity contribution in [1.82, 2.24) is 4.90 Å². The van der Waals surface area contributed by atoms with E-state index in [1.54, 1.807) is 0 Å². The molecule has 31 heavy (non-hydrogen) atoms. The number of hydrogen-bond acceptors (Lipinski definition) is 6. The normalized spacial score (nSPS) is 17.0. The van der Waals surface area contributed by atoms with Crippen molar-refractivity contribution in [1.29, 1.82) is 0 Å². The Kier molecular flexibility index (Phi) is 4.50. The van der Waals surface area contributed by atoms with Gasteiger partial charge in [-0.15, -0.1) is 0 Å². The number of nitrogens with one attached hydrogen (secondary N) is 1. The van der Waals surface area contributed by atoms with Crippen molar-refractivity contribution in [2.45, 2.75) is 6.54 Å². The van der Waals surface area contributed by atoms with Gasteiger partial charge in [0, 0.05) is 55.9 Å². The van der Waals surface area contributed by atoms with Gasteiger partial charge in [0.2, 0.25) is 6.79 Å². The minimum Gasteiger partial charge on any atom is -0.454 e. The summed E-state index contributed by atoms with van der Waals surface area (Å²) >= 11 is 0. The molecule has 1 fully saturated rings. The Morgan fingerprint density at radius 3 is 2.61 bits per heavy atom. The molecule has 3 aromatic carbocycles. The van der Waals surface area contributed by atoms with E-state index in [2.05, 4.69) is 51.5 Å². The summed E-state index contributed by atoms with van der Waals surface area (Å²) in [4.78, 5) is 9.70. The van der Waals surface area contributed by atoms with Crippen LogP contribution in [0.1, 0.15) is 11.1 Å². The van der Waals surface area contributed by atoms with Crippen LogP contribution in [-0.2, 0) is 6.54 Å². The van der Waals surface area contributed by atoms with Crippen LogP contribution in [-0.4, -0.2) is 44.1 Å². The quantitative estimate of drug-likeness (QED) is 0.535. The van der Waals surface area contributed by atoms with E-state index in [1.165, 1.54) is 11.3 Å². The summed E-state index contributed by atoms with van der Waals surface area (Å²) in [5.41, 5.74) is 6.78. The zero-order chi connectivity index (χ0) is 20.6. The average molecular weight is 412 g/mol.